The Labute approximate surface area is 121 Å². The van der Waals surface area contributed by atoms with Crippen LogP contribution in [-0.4, -0.2) is 23.2 Å². The van der Waals surface area contributed by atoms with Gasteiger partial charge in [0, 0.05) is 5.69 Å². The van der Waals surface area contributed by atoms with E-state index in [-0.39, 0.29) is 17.7 Å². The summed E-state index contributed by atoms with van der Waals surface area (Å²) in [5.74, 6) is -0.270. The molecule has 1 atom stereocenters. The molecule has 0 aliphatic carbocycles. The van der Waals surface area contributed by atoms with Gasteiger partial charge in [-0.2, -0.15) is 0 Å². The first-order valence-electron chi connectivity index (χ1n) is 6.48. The minimum absolute atomic E-state index is 0.0941. The van der Waals surface area contributed by atoms with E-state index in [1.807, 2.05) is 0 Å². The smallest absolute Gasteiger partial charge is 0.306 e. The Bertz CT molecular complexity index is 713. The number of furan rings is 1. The lowest BCUT2D eigenvalue weighted by molar-refractivity contribution is -0.140. The van der Waals surface area contributed by atoms with Gasteiger partial charge >= 0.3 is 5.97 Å². The number of hydrogen-bond donors (Lipinski definition) is 2. The summed E-state index contributed by atoms with van der Waals surface area (Å²) in [4.78, 5) is 26.4. The van der Waals surface area contributed by atoms with Crippen molar-refractivity contribution < 1.29 is 19.1 Å². The number of hydrogen-bond acceptors (Lipinski definition) is 5. The highest BCUT2D eigenvalue weighted by Crippen LogP contribution is 2.32. The van der Waals surface area contributed by atoms with Crippen LogP contribution in [0.2, 0.25) is 0 Å². The van der Waals surface area contributed by atoms with Crippen molar-refractivity contribution in [2.75, 3.05) is 7.11 Å². The van der Waals surface area contributed by atoms with Gasteiger partial charge in [0.2, 0.25) is 0 Å². The van der Waals surface area contributed by atoms with Gasteiger partial charge in [-0.3, -0.25) is 9.59 Å². The van der Waals surface area contributed by atoms with E-state index in [0.29, 0.717) is 17.2 Å². The van der Waals surface area contributed by atoms with Crippen LogP contribution in [0.25, 0.3) is 0 Å². The number of esters is 1. The van der Waals surface area contributed by atoms with Crippen molar-refractivity contribution in [1.82, 2.24) is 4.98 Å². The van der Waals surface area contributed by atoms with E-state index < -0.39 is 17.4 Å². The molecule has 0 unspecified atom stereocenters. The van der Waals surface area contributed by atoms with Crippen molar-refractivity contribution in [2.24, 2.45) is 0 Å². The molecular weight excluding hydrogens is 274 g/mol. The number of methoxy groups -OCH3 is 1. The summed E-state index contributed by atoms with van der Waals surface area (Å²) in [5.41, 5.74) is 0.185. The Hall–Kier alpha value is -2.50. The van der Waals surface area contributed by atoms with E-state index in [1.54, 1.807) is 26.0 Å². The summed E-state index contributed by atoms with van der Waals surface area (Å²) in [7, 11) is 1.27. The lowest BCUT2D eigenvalue weighted by Gasteiger charge is -2.15. The molecule has 6 heteroatoms. The molecule has 0 saturated carbocycles. The predicted octanol–water partition coefficient (Wildman–Crippen LogP) is 1.99. The van der Waals surface area contributed by atoms with Gasteiger partial charge in [0.05, 0.1) is 25.0 Å². The zero-order valence-corrected chi connectivity index (χ0v) is 12.1. The third-order valence-electron chi connectivity index (χ3n) is 3.24. The second-order valence-corrected chi connectivity index (χ2v) is 4.86. The van der Waals surface area contributed by atoms with E-state index in [4.69, 9.17) is 4.42 Å². The van der Waals surface area contributed by atoms with Crippen LogP contribution in [0.4, 0.5) is 0 Å². The van der Waals surface area contributed by atoms with Gasteiger partial charge in [0.25, 0.3) is 5.56 Å². The number of H-pyrrole nitrogens is 1. The Morgan fingerprint density at radius 3 is 2.67 bits per heavy atom. The van der Waals surface area contributed by atoms with Crippen LogP contribution in [0.5, 0.6) is 5.75 Å². The zero-order chi connectivity index (χ0) is 15.6. The number of carbonyl (C=O) groups excluding carboxylic acids is 1. The van der Waals surface area contributed by atoms with Gasteiger partial charge in [-0.25, -0.2) is 0 Å². The Morgan fingerprint density at radius 1 is 1.43 bits per heavy atom. The van der Waals surface area contributed by atoms with Gasteiger partial charge in [-0.15, -0.1) is 0 Å². The van der Waals surface area contributed by atoms with Crippen LogP contribution in [0.15, 0.2) is 27.4 Å². The molecule has 0 aliphatic rings. The number of nitrogens with one attached hydrogen (secondary N) is 1. The van der Waals surface area contributed by atoms with Crippen molar-refractivity contribution in [2.45, 2.75) is 26.2 Å². The molecule has 0 aliphatic heterocycles. The SMILES string of the molecule is COC(=O)C[C@@H](c1ccc(C)o1)c1c(O)cc(C)[nH]c1=O. The highest BCUT2D eigenvalue weighted by atomic mass is 16.5. The first-order valence-corrected chi connectivity index (χ1v) is 6.48. The van der Waals surface area contributed by atoms with Crippen LogP contribution < -0.4 is 5.56 Å². The molecule has 0 fully saturated rings. The molecule has 2 N–H and O–H groups in total. The van der Waals surface area contributed by atoms with Gasteiger partial charge in [0.1, 0.15) is 17.3 Å². The molecule has 6 nitrogen and oxygen atoms in total. The fraction of sp³-hybridized carbons (Fsp3) is 0.333. The highest BCUT2D eigenvalue weighted by molar-refractivity contribution is 5.71. The average molecular weight is 291 g/mol. The standard InChI is InChI=1S/C15H17NO5/c1-8-6-11(17)14(15(19)16-8)10(7-13(18)20-3)12-5-4-9(2)21-12/h4-6,10H,7H2,1-3H3,(H2,16,17,19)/t10-/m0/s1. The van der Waals surface area contributed by atoms with Crippen LogP contribution in [0.1, 0.15) is 35.1 Å². The number of carbonyl (C=O) groups is 1. The zero-order valence-electron chi connectivity index (χ0n) is 12.1. The number of pyridine rings is 1. The summed E-state index contributed by atoms with van der Waals surface area (Å²) >= 11 is 0. The maximum Gasteiger partial charge on any atom is 0.306 e. The molecule has 2 rings (SSSR count). The van der Waals surface area contributed by atoms with Crippen molar-refractivity contribution in [3.63, 3.8) is 0 Å². The number of aromatic nitrogens is 1. The molecule has 21 heavy (non-hydrogen) atoms. The third kappa shape index (κ3) is 3.16. The summed E-state index contributed by atoms with van der Waals surface area (Å²) in [5, 5.41) is 10.1. The monoisotopic (exact) mass is 291 g/mol. The van der Waals surface area contributed by atoms with Gasteiger partial charge < -0.3 is 19.2 Å². The van der Waals surface area contributed by atoms with Crippen LogP contribution in [0.3, 0.4) is 0 Å². The fourth-order valence-corrected chi connectivity index (χ4v) is 2.25. The van der Waals surface area contributed by atoms with Gasteiger partial charge in [-0.05, 0) is 32.0 Å². The largest absolute Gasteiger partial charge is 0.507 e. The molecule has 0 saturated heterocycles. The Kier molecular flexibility index (Phi) is 4.16. The molecule has 0 spiro atoms. The quantitative estimate of drug-likeness (QED) is 0.840. The second-order valence-electron chi connectivity index (χ2n) is 4.86. The predicted molar refractivity (Wildman–Crippen MR) is 75.4 cm³/mol. The van der Waals surface area contributed by atoms with Crippen LogP contribution >= 0.6 is 0 Å². The lowest BCUT2D eigenvalue weighted by Crippen LogP contribution is -2.20. The molecule has 0 radical (unpaired) electrons. The third-order valence-corrected chi connectivity index (χ3v) is 3.24. The number of rotatable bonds is 4. The first kappa shape index (κ1) is 14.9. The maximum absolute atomic E-state index is 12.1. The minimum Gasteiger partial charge on any atom is -0.507 e. The normalized spacial score (nSPS) is 12.1. The molecule has 0 aromatic carbocycles. The van der Waals surface area contributed by atoms with Crippen molar-refractivity contribution >= 4 is 5.97 Å². The molecular formula is C15H17NO5. The van der Waals surface area contributed by atoms with Crippen molar-refractivity contribution in [1.29, 1.82) is 0 Å². The van der Waals surface area contributed by atoms with E-state index in [1.165, 1.54) is 13.2 Å². The van der Waals surface area contributed by atoms with Gasteiger partial charge in [0.15, 0.2) is 0 Å². The van der Waals surface area contributed by atoms with Gasteiger partial charge in [-0.1, -0.05) is 0 Å². The Morgan fingerprint density at radius 2 is 2.14 bits per heavy atom. The molecule has 112 valence electrons. The van der Waals surface area contributed by atoms with Crippen LogP contribution in [-0.2, 0) is 9.53 Å². The van der Waals surface area contributed by atoms with Crippen molar-refractivity contribution in [3.05, 3.63) is 51.3 Å². The number of ether oxygens (including phenoxy) is 1. The first-order chi connectivity index (χ1) is 9.92. The van der Waals surface area contributed by atoms with Crippen molar-refractivity contribution in [3.8, 4) is 5.75 Å². The topological polar surface area (TPSA) is 92.5 Å². The lowest BCUT2D eigenvalue weighted by atomic mass is 9.93. The summed E-state index contributed by atoms with van der Waals surface area (Å²) in [6.07, 6.45) is -0.0941. The summed E-state index contributed by atoms with van der Waals surface area (Å²) in [6, 6.07) is 4.86. The molecule has 0 bridgehead atoms. The minimum atomic E-state index is -0.699. The summed E-state index contributed by atoms with van der Waals surface area (Å²) in [6.45, 7) is 3.43. The average Bonchev–Trinajstić information content (AvgIpc) is 2.82. The second kappa shape index (κ2) is 5.87. The number of aryl methyl sites for hydroxylation is 2. The number of aromatic amines is 1. The molecule has 2 aromatic rings. The van der Waals surface area contributed by atoms with E-state index >= 15 is 0 Å². The maximum atomic E-state index is 12.1. The number of aromatic hydroxyl groups is 1. The highest BCUT2D eigenvalue weighted by Gasteiger charge is 2.27. The van der Waals surface area contributed by atoms with E-state index in [9.17, 15) is 14.7 Å². The Balaban J connectivity index is 2.55. The summed E-state index contributed by atoms with van der Waals surface area (Å²) < 4.78 is 10.2. The van der Waals surface area contributed by atoms with E-state index in [0.717, 1.165) is 0 Å². The molecule has 0 amide bonds. The van der Waals surface area contributed by atoms with Crippen LogP contribution in [0, 0.1) is 13.8 Å². The molecule has 2 aromatic heterocycles. The fourth-order valence-electron chi connectivity index (χ4n) is 2.25. The van der Waals surface area contributed by atoms with E-state index in [2.05, 4.69) is 9.72 Å². The molecule has 2 heterocycles.